The maximum Gasteiger partial charge on any atom is 0.227 e. The molecule has 0 fully saturated rings. The Labute approximate surface area is 122 Å². The van der Waals surface area contributed by atoms with Crippen molar-refractivity contribution in [3.05, 3.63) is 46.1 Å². The molecule has 106 valence electrons. The zero-order chi connectivity index (χ0) is 14.9. The second-order valence-electron chi connectivity index (χ2n) is 4.97. The molecule has 0 saturated heterocycles. The Morgan fingerprint density at radius 3 is 2.55 bits per heavy atom. The van der Waals surface area contributed by atoms with Gasteiger partial charge >= 0.3 is 0 Å². The van der Waals surface area contributed by atoms with Crippen molar-refractivity contribution < 1.29 is 9.13 Å². The van der Waals surface area contributed by atoms with Gasteiger partial charge in [0, 0.05) is 17.5 Å². The first-order valence-corrected chi connectivity index (χ1v) is 6.74. The maximum atomic E-state index is 13.3. The van der Waals surface area contributed by atoms with Gasteiger partial charge in [-0.3, -0.25) is 0 Å². The fourth-order valence-electron chi connectivity index (χ4n) is 1.63. The molecule has 0 aliphatic rings. The van der Waals surface area contributed by atoms with Gasteiger partial charge in [-0.2, -0.15) is 4.98 Å². The van der Waals surface area contributed by atoms with Crippen LogP contribution in [0.4, 0.5) is 4.39 Å². The molecule has 0 unspecified atom stereocenters. The smallest absolute Gasteiger partial charge is 0.227 e. The predicted molar refractivity (Wildman–Crippen MR) is 77.1 cm³/mol. The lowest BCUT2D eigenvalue weighted by atomic mass is 10.2. The highest BCUT2D eigenvalue weighted by Crippen LogP contribution is 2.30. The summed E-state index contributed by atoms with van der Waals surface area (Å²) in [5.74, 6) is 1.17. The molecule has 0 bridgehead atoms. The third-order valence-electron chi connectivity index (χ3n) is 2.93. The van der Waals surface area contributed by atoms with Crippen molar-refractivity contribution in [3.63, 3.8) is 0 Å². The van der Waals surface area contributed by atoms with E-state index in [0.29, 0.717) is 28.2 Å². The van der Waals surface area contributed by atoms with Crippen molar-refractivity contribution >= 4 is 11.6 Å². The van der Waals surface area contributed by atoms with E-state index >= 15 is 0 Å². The summed E-state index contributed by atoms with van der Waals surface area (Å²) < 4.78 is 19.0. The summed E-state index contributed by atoms with van der Waals surface area (Å²) >= 11 is 6.10. The number of ether oxygens (including phenoxy) is 1. The first kappa shape index (κ1) is 14.7. The van der Waals surface area contributed by atoms with E-state index in [4.69, 9.17) is 16.3 Å². The van der Waals surface area contributed by atoms with Gasteiger partial charge in [0.1, 0.15) is 22.5 Å². The molecule has 5 heteroatoms. The Bertz CT molecular complexity index is 644. The van der Waals surface area contributed by atoms with E-state index < -0.39 is 0 Å². The zero-order valence-corrected chi connectivity index (χ0v) is 12.6. The van der Waals surface area contributed by atoms with Crippen LogP contribution in [-0.2, 0) is 0 Å². The Morgan fingerprint density at radius 1 is 1.20 bits per heavy atom. The average Bonchev–Trinajstić information content (AvgIpc) is 2.38. The van der Waals surface area contributed by atoms with Crippen LogP contribution in [0.1, 0.15) is 36.7 Å². The van der Waals surface area contributed by atoms with E-state index in [0.717, 1.165) is 5.56 Å². The average molecular weight is 295 g/mol. The maximum absolute atomic E-state index is 13.3. The molecule has 0 aliphatic carbocycles. The van der Waals surface area contributed by atoms with Crippen molar-refractivity contribution in [3.8, 4) is 11.6 Å². The molecule has 1 aromatic heterocycles. The van der Waals surface area contributed by atoms with Crippen molar-refractivity contribution in [2.45, 2.75) is 33.6 Å². The summed E-state index contributed by atoms with van der Waals surface area (Å²) in [5, 5.41) is 0.354. The number of aromatic nitrogens is 2. The van der Waals surface area contributed by atoms with E-state index in [2.05, 4.69) is 9.97 Å². The Hall–Kier alpha value is -1.68. The molecule has 0 saturated carbocycles. The largest absolute Gasteiger partial charge is 0.438 e. The monoisotopic (exact) mass is 294 g/mol. The molecule has 0 aliphatic heterocycles. The van der Waals surface area contributed by atoms with Crippen LogP contribution in [0.15, 0.2) is 18.2 Å². The summed E-state index contributed by atoms with van der Waals surface area (Å²) in [6, 6.07) is 4.38. The van der Waals surface area contributed by atoms with E-state index in [1.807, 2.05) is 20.8 Å². The zero-order valence-electron chi connectivity index (χ0n) is 11.9. The molecular weight excluding hydrogens is 279 g/mol. The van der Waals surface area contributed by atoms with Crippen LogP contribution < -0.4 is 4.74 Å². The van der Waals surface area contributed by atoms with Crippen LogP contribution in [-0.4, -0.2) is 9.97 Å². The van der Waals surface area contributed by atoms with Crippen LogP contribution in [0, 0.1) is 19.7 Å². The predicted octanol–water partition coefficient (Wildman–Crippen LogP) is 4.80. The summed E-state index contributed by atoms with van der Waals surface area (Å²) in [4.78, 5) is 8.57. The van der Waals surface area contributed by atoms with Crippen LogP contribution in [0.5, 0.6) is 11.6 Å². The van der Waals surface area contributed by atoms with Crippen LogP contribution >= 0.6 is 11.6 Å². The summed E-state index contributed by atoms with van der Waals surface area (Å²) in [7, 11) is 0. The minimum absolute atomic E-state index is 0.129. The molecule has 1 heterocycles. The molecule has 0 atom stereocenters. The molecule has 1 aromatic carbocycles. The van der Waals surface area contributed by atoms with Crippen LogP contribution in [0.2, 0.25) is 5.15 Å². The molecule has 2 aromatic rings. The molecular formula is C15H16ClFN2O. The van der Waals surface area contributed by atoms with Crippen LogP contribution in [0.3, 0.4) is 0 Å². The Morgan fingerprint density at radius 2 is 1.90 bits per heavy atom. The lowest BCUT2D eigenvalue weighted by molar-refractivity contribution is 0.445. The quantitative estimate of drug-likeness (QED) is 0.763. The fourth-order valence-corrected chi connectivity index (χ4v) is 1.80. The van der Waals surface area contributed by atoms with Gasteiger partial charge in [0.15, 0.2) is 0 Å². The second-order valence-corrected chi connectivity index (χ2v) is 5.33. The third kappa shape index (κ3) is 3.07. The number of hydrogen-bond donors (Lipinski definition) is 0. The third-order valence-corrected chi connectivity index (χ3v) is 3.30. The molecule has 0 spiro atoms. The van der Waals surface area contributed by atoms with Gasteiger partial charge in [-0.1, -0.05) is 31.5 Å². The molecule has 3 nitrogen and oxygen atoms in total. The topological polar surface area (TPSA) is 35.0 Å². The summed E-state index contributed by atoms with van der Waals surface area (Å²) in [5.41, 5.74) is 1.46. The highest BCUT2D eigenvalue weighted by Gasteiger charge is 2.14. The van der Waals surface area contributed by atoms with Gasteiger partial charge in [-0.25, -0.2) is 9.37 Å². The number of benzene rings is 1. The standard InChI is InChI=1S/C15H16ClFN2O/c1-8(2)14-18-13(16)10(4)15(19-14)20-12-7-11(17)6-5-9(12)3/h5-8H,1-4H3. The van der Waals surface area contributed by atoms with Crippen molar-refractivity contribution in [1.82, 2.24) is 9.97 Å². The first-order valence-electron chi connectivity index (χ1n) is 6.36. The Balaban J connectivity index is 2.45. The Kier molecular flexibility index (Phi) is 4.23. The highest BCUT2D eigenvalue weighted by molar-refractivity contribution is 6.30. The van der Waals surface area contributed by atoms with Gasteiger partial charge in [-0.05, 0) is 25.5 Å². The summed E-state index contributed by atoms with van der Waals surface area (Å²) in [6.07, 6.45) is 0. The lowest BCUT2D eigenvalue weighted by Gasteiger charge is -2.13. The second kappa shape index (κ2) is 5.75. The van der Waals surface area contributed by atoms with Gasteiger partial charge in [0.2, 0.25) is 5.88 Å². The molecule has 0 N–H and O–H groups in total. The number of hydrogen-bond acceptors (Lipinski definition) is 3. The van der Waals surface area contributed by atoms with Crippen molar-refractivity contribution in [2.75, 3.05) is 0 Å². The van der Waals surface area contributed by atoms with E-state index in [1.54, 1.807) is 13.0 Å². The number of nitrogens with zero attached hydrogens (tertiary/aromatic N) is 2. The number of rotatable bonds is 3. The minimum atomic E-state index is -0.354. The highest BCUT2D eigenvalue weighted by atomic mass is 35.5. The van der Waals surface area contributed by atoms with Gasteiger partial charge in [0.25, 0.3) is 0 Å². The number of aryl methyl sites for hydroxylation is 1. The van der Waals surface area contributed by atoms with Gasteiger partial charge in [0.05, 0.1) is 0 Å². The van der Waals surface area contributed by atoms with Crippen LogP contribution in [0.25, 0.3) is 0 Å². The van der Waals surface area contributed by atoms with Gasteiger partial charge < -0.3 is 4.74 Å². The fraction of sp³-hybridized carbons (Fsp3) is 0.333. The minimum Gasteiger partial charge on any atom is -0.438 e. The lowest BCUT2D eigenvalue weighted by Crippen LogP contribution is -2.03. The molecule has 20 heavy (non-hydrogen) atoms. The van der Waals surface area contributed by atoms with E-state index in [1.165, 1.54) is 12.1 Å². The first-order chi connectivity index (χ1) is 9.38. The molecule has 0 radical (unpaired) electrons. The number of halogens is 2. The SMILES string of the molecule is Cc1ccc(F)cc1Oc1nc(C(C)C)nc(Cl)c1C. The molecule has 2 rings (SSSR count). The molecule has 0 amide bonds. The van der Waals surface area contributed by atoms with Crippen molar-refractivity contribution in [1.29, 1.82) is 0 Å². The summed E-state index contributed by atoms with van der Waals surface area (Å²) in [6.45, 7) is 7.56. The normalized spacial score (nSPS) is 10.9. The van der Waals surface area contributed by atoms with E-state index in [-0.39, 0.29) is 11.7 Å². The van der Waals surface area contributed by atoms with Gasteiger partial charge in [-0.15, -0.1) is 0 Å². The van der Waals surface area contributed by atoms with E-state index in [9.17, 15) is 4.39 Å². The van der Waals surface area contributed by atoms with Crippen molar-refractivity contribution in [2.24, 2.45) is 0 Å².